The van der Waals surface area contributed by atoms with Crippen LogP contribution in [0, 0.1) is 6.92 Å². The van der Waals surface area contributed by atoms with Crippen LogP contribution in [-0.2, 0) is 10.0 Å². The highest BCUT2D eigenvalue weighted by Crippen LogP contribution is 2.31. The predicted octanol–water partition coefficient (Wildman–Crippen LogP) is 3.64. The van der Waals surface area contributed by atoms with Crippen LogP contribution >= 0.6 is 0 Å². The van der Waals surface area contributed by atoms with Gasteiger partial charge in [0.05, 0.1) is 16.1 Å². The maximum atomic E-state index is 13.0. The van der Waals surface area contributed by atoms with Gasteiger partial charge in [-0.05, 0) is 42.8 Å². The summed E-state index contributed by atoms with van der Waals surface area (Å²) in [5, 5.41) is 0.846. The Morgan fingerprint density at radius 2 is 1.68 bits per heavy atom. The molecular weight excluding hydrogens is 334 g/mol. The van der Waals surface area contributed by atoms with Gasteiger partial charge < -0.3 is 0 Å². The van der Waals surface area contributed by atoms with E-state index in [0.29, 0.717) is 11.2 Å². The molecule has 0 radical (unpaired) electrons. The zero-order valence-corrected chi connectivity index (χ0v) is 14.3. The van der Waals surface area contributed by atoms with Gasteiger partial charge in [-0.1, -0.05) is 18.2 Å². The van der Waals surface area contributed by atoms with E-state index in [1.807, 2.05) is 25.1 Å². The van der Waals surface area contributed by atoms with Crippen LogP contribution in [0.1, 0.15) is 5.69 Å². The third-order valence-corrected chi connectivity index (χ3v) is 5.85. The lowest BCUT2D eigenvalue weighted by molar-refractivity contribution is 0.589. The molecule has 3 aromatic heterocycles. The van der Waals surface area contributed by atoms with Crippen molar-refractivity contribution in [2.24, 2.45) is 0 Å². The lowest BCUT2D eigenvalue weighted by Crippen LogP contribution is -2.12. The fraction of sp³-hybridized carbons (Fsp3) is 0.0526. The molecule has 0 aliphatic rings. The van der Waals surface area contributed by atoms with Gasteiger partial charge in [0.15, 0.2) is 0 Å². The number of nitrogens with zero attached hydrogens (tertiary/aromatic N) is 3. The molecule has 124 valence electrons. The Hall–Kier alpha value is -2.99. The molecule has 0 amide bonds. The standard InChI is InChI=1S/C19H15N3O2S/c1-14-19-17(18(13-21-14)15-7-10-20-11-8-15)9-12-22(19)25(23,24)16-5-3-2-4-6-16/h2-13H,1H3. The molecular formula is C19H15N3O2S. The van der Waals surface area contributed by atoms with Crippen LogP contribution in [0.4, 0.5) is 0 Å². The molecule has 0 spiro atoms. The van der Waals surface area contributed by atoms with E-state index in [-0.39, 0.29) is 4.90 Å². The molecule has 0 unspecified atom stereocenters. The number of benzene rings is 1. The quantitative estimate of drug-likeness (QED) is 0.566. The summed E-state index contributed by atoms with van der Waals surface area (Å²) < 4.78 is 27.4. The van der Waals surface area contributed by atoms with Gasteiger partial charge in [-0.15, -0.1) is 0 Å². The Balaban J connectivity index is 2.00. The number of hydrogen-bond acceptors (Lipinski definition) is 4. The first-order valence-electron chi connectivity index (χ1n) is 7.77. The van der Waals surface area contributed by atoms with Gasteiger partial charge in [0.2, 0.25) is 0 Å². The highest BCUT2D eigenvalue weighted by molar-refractivity contribution is 7.90. The molecule has 0 saturated carbocycles. The Morgan fingerprint density at radius 1 is 0.960 bits per heavy atom. The van der Waals surface area contributed by atoms with Gasteiger partial charge in [-0.3, -0.25) is 9.97 Å². The van der Waals surface area contributed by atoms with Crippen molar-refractivity contribution >= 4 is 20.9 Å². The second-order valence-corrected chi connectivity index (χ2v) is 7.50. The minimum Gasteiger partial charge on any atom is -0.265 e. The summed E-state index contributed by atoms with van der Waals surface area (Å²) in [4.78, 5) is 8.70. The molecule has 6 heteroatoms. The molecule has 1 aromatic carbocycles. The first kappa shape index (κ1) is 15.5. The molecule has 0 aliphatic carbocycles. The molecule has 4 aromatic rings. The average Bonchev–Trinajstić information content (AvgIpc) is 3.10. The van der Waals surface area contributed by atoms with Gasteiger partial charge in [-0.25, -0.2) is 12.4 Å². The molecule has 0 fully saturated rings. The van der Waals surface area contributed by atoms with E-state index < -0.39 is 10.0 Å². The Kier molecular flexibility index (Phi) is 3.62. The third kappa shape index (κ3) is 2.51. The summed E-state index contributed by atoms with van der Waals surface area (Å²) in [5.74, 6) is 0. The Bertz CT molecular complexity index is 1150. The van der Waals surface area contributed by atoms with Crippen molar-refractivity contribution in [3.8, 4) is 11.1 Å². The van der Waals surface area contributed by atoms with Crippen LogP contribution in [0.15, 0.2) is 78.2 Å². The normalized spacial score (nSPS) is 11.7. The van der Waals surface area contributed by atoms with Crippen LogP contribution in [0.5, 0.6) is 0 Å². The fourth-order valence-electron chi connectivity index (χ4n) is 2.95. The first-order chi connectivity index (χ1) is 12.1. The molecule has 5 nitrogen and oxygen atoms in total. The van der Waals surface area contributed by atoms with Gasteiger partial charge >= 0.3 is 0 Å². The maximum Gasteiger partial charge on any atom is 0.268 e. The van der Waals surface area contributed by atoms with E-state index in [1.54, 1.807) is 55.1 Å². The predicted molar refractivity (Wildman–Crippen MR) is 96.7 cm³/mol. The first-order valence-corrected chi connectivity index (χ1v) is 9.21. The minimum absolute atomic E-state index is 0.251. The van der Waals surface area contributed by atoms with Gasteiger partial charge in [0.25, 0.3) is 10.0 Å². The summed E-state index contributed by atoms with van der Waals surface area (Å²) >= 11 is 0. The molecule has 0 bridgehead atoms. The summed E-state index contributed by atoms with van der Waals surface area (Å²) in [6.07, 6.45) is 6.77. The summed E-state index contributed by atoms with van der Waals surface area (Å²) in [6, 6.07) is 14.0. The lowest BCUT2D eigenvalue weighted by Gasteiger charge is -2.10. The average molecular weight is 349 g/mol. The summed E-state index contributed by atoms with van der Waals surface area (Å²) in [5.41, 5.74) is 3.09. The van der Waals surface area contributed by atoms with Crippen molar-refractivity contribution in [1.82, 2.24) is 13.9 Å². The van der Waals surface area contributed by atoms with Gasteiger partial charge in [0.1, 0.15) is 0 Å². The summed E-state index contributed by atoms with van der Waals surface area (Å²) in [7, 11) is -3.68. The van der Waals surface area contributed by atoms with Crippen molar-refractivity contribution in [2.45, 2.75) is 11.8 Å². The zero-order chi connectivity index (χ0) is 17.4. The summed E-state index contributed by atoms with van der Waals surface area (Å²) in [6.45, 7) is 1.82. The third-order valence-electron chi connectivity index (χ3n) is 4.16. The smallest absolute Gasteiger partial charge is 0.265 e. The largest absolute Gasteiger partial charge is 0.268 e. The van der Waals surface area contributed by atoms with E-state index in [4.69, 9.17) is 0 Å². The number of hydrogen-bond donors (Lipinski definition) is 0. The molecule has 4 rings (SSSR count). The topological polar surface area (TPSA) is 64.8 Å². The van der Waals surface area contributed by atoms with Crippen molar-refractivity contribution in [3.05, 3.63) is 79.0 Å². The van der Waals surface area contributed by atoms with E-state index >= 15 is 0 Å². The number of aromatic nitrogens is 3. The monoisotopic (exact) mass is 349 g/mol. The molecule has 3 heterocycles. The minimum atomic E-state index is -3.68. The van der Waals surface area contributed by atoms with Crippen molar-refractivity contribution in [2.75, 3.05) is 0 Å². The van der Waals surface area contributed by atoms with Crippen molar-refractivity contribution in [1.29, 1.82) is 0 Å². The van der Waals surface area contributed by atoms with E-state index in [9.17, 15) is 8.42 Å². The molecule has 0 atom stereocenters. The second-order valence-electron chi connectivity index (χ2n) is 5.69. The van der Waals surface area contributed by atoms with Gasteiger partial charge in [-0.2, -0.15) is 0 Å². The number of fused-ring (bicyclic) bond motifs is 1. The van der Waals surface area contributed by atoms with Crippen molar-refractivity contribution < 1.29 is 8.42 Å². The van der Waals surface area contributed by atoms with Crippen LogP contribution in [0.25, 0.3) is 22.0 Å². The number of rotatable bonds is 3. The van der Waals surface area contributed by atoms with Crippen molar-refractivity contribution in [3.63, 3.8) is 0 Å². The highest BCUT2D eigenvalue weighted by Gasteiger charge is 2.21. The second kappa shape index (κ2) is 5.82. The van der Waals surface area contributed by atoms with Crippen LogP contribution in [0.3, 0.4) is 0 Å². The van der Waals surface area contributed by atoms with Gasteiger partial charge in [0, 0.05) is 35.7 Å². The fourth-order valence-corrected chi connectivity index (χ4v) is 4.37. The molecule has 25 heavy (non-hydrogen) atoms. The van der Waals surface area contributed by atoms with Crippen LogP contribution < -0.4 is 0 Å². The number of aryl methyl sites for hydroxylation is 1. The van der Waals surface area contributed by atoms with E-state index in [2.05, 4.69) is 9.97 Å². The Morgan fingerprint density at radius 3 is 2.40 bits per heavy atom. The zero-order valence-electron chi connectivity index (χ0n) is 13.5. The van der Waals surface area contributed by atoms with Crippen LogP contribution in [0.2, 0.25) is 0 Å². The maximum absolute atomic E-state index is 13.0. The number of pyridine rings is 2. The van der Waals surface area contributed by atoms with Crippen LogP contribution in [-0.4, -0.2) is 22.4 Å². The Labute approximate surface area is 145 Å². The van der Waals surface area contributed by atoms with E-state index in [0.717, 1.165) is 16.5 Å². The highest BCUT2D eigenvalue weighted by atomic mass is 32.2. The molecule has 0 aliphatic heterocycles. The SMILES string of the molecule is Cc1ncc(-c2ccncc2)c2ccn(S(=O)(=O)c3ccccc3)c12. The lowest BCUT2D eigenvalue weighted by atomic mass is 10.1. The molecule has 0 saturated heterocycles. The van der Waals surface area contributed by atoms with E-state index in [1.165, 1.54) is 3.97 Å². The molecule has 0 N–H and O–H groups in total.